The first kappa shape index (κ1) is 23.5. The minimum Gasteiger partial charge on any atom is -0.381 e. The van der Waals surface area contributed by atoms with Gasteiger partial charge in [0.25, 0.3) is 0 Å². The van der Waals surface area contributed by atoms with Crippen molar-refractivity contribution in [2.24, 2.45) is 0 Å². The molecule has 0 heterocycles. The SMILES string of the molecule is COC(C[SiH2]CCCOCCCN([Si](C)(C)C)[Si](C)(C)C)OC. The molecule has 4 nitrogen and oxygen atoms in total. The lowest BCUT2D eigenvalue weighted by atomic mass is 10.4. The van der Waals surface area contributed by atoms with E-state index in [-0.39, 0.29) is 15.8 Å². The van der Waals surface area contributed by atoms with E-state index in [0.717, 1.165) is 19.3 Å². The Labute approximate surface area is 149 Å². The highest BCUT2D eigenvalue weighted by Gasteiger charge is 2.33. The standard InChI is InChI=1S/C16H41NO3Si3/c1-18-16(19-2)15-21-14-10-13-20-12-9-11-17(22(3,4)5)23(6,7)8/h16H,9-15,21H2,1-8H3. The highest BCUT2D eigenvalue weighted by Crippen LogP contribution is 2.19. The monoisotopic (exact) mass is 379 g/mol. The molecule has 0 aliphatic heterocycles. The van der Waals surface area contributed by atoms with Crippen LogP contribution in [0.3, 0.4) is 0 Å². The van der Waals surface area contributed by atoms with Crippen LogP contribution in [0, 0.1) is 0 Å². The normalized spacial score (nSPS) is 13.8. The van der Waals surface area contributed by atoms with Gasteiger partial charge in [-0.1, -0.05) is 45.3 Å². The van der Waals surface area contributed by atoms with E-state index >= 15 is 0 Å². The maximum Gasteiger partial charge on any atom is 0.153 e. The average molecular weight is 380 g/mol. The molecule has 0 bridgehead atoms. The van der Waals surface area contributed by atoms with Crippen molar-refractivity contribution in [1.82, 2.24) is 4.23 Å². The van der Waals surface area contributed by atoms with Gasteiger partial charge in [0.15, 0.2) is 6.29 Å². The molecule has 0 fully saturated rings. The Bertz CT molecular complexity index is 275. The van der Waals surface area contributed by atoms with E-state index in [1.165, 1.54) is 25.4 Å². The zero-order chi connectivity index (χ0) is 17.9. The first-order valence-electron chi connectivity index (χ1n) is 9.04. The van der Waals surface area contributed by atoms with Gasteiger partial charge >= 0.3 is 0 Å². The molecule has 0 amide bonds. The molecule has 0 saturated carbocycles. The van der Waals surface area contributed by atoms with Gasteiger partial charge < -0.3 is 18.4 Å². The molecule has 0 aliphatic rings. The Morgan fingerprint density at radius 2 is 1.39 bits per heavy atom. The zero-order valence-corrected chi connectivity index (χ0v) is 20.3. The van der Waals surface area contributed by atoms with Crippen LogP contribution in [-0.2, 0) is 14.2 Å². The van der Waals surface area contributed by atoms with Crippen LogP contribution in [-0.4, -0.2) is 70.5 Å². The van der Waals surface area contributed by atoms with Gasteiger partial charge in [-0.15, -0.1) is 0 Å². The molecule has 0 aromatic heterocycles. The van der Waals surface area contributed by atoms with Crippen LogP contribution in [0.25, 0.3) is 0 Å². The molecule has 7 heteroatoms. The van der Waals surface area contributed by atoms with Crippen molar-refractivity contribution in [3.05, 3.63) is 0 Å². The van der Waals surface area contributed by atoms with Crippen LogP contribution in [0.1, 0.15) is 12.8 Å². The maximum atomic E-state index is 5.83. The predicted molar refractivity (Wildman–Crippen MR) is 109 cm³/mol. The highest BCUT2D eigenvalue weighted by atomic mass is 28.4. The summed E-state index contributed by atoms with van der Waals surface area (Å²) in [4.78, 5) is 0. The molecule has 23 heavy (non-hydrogen) atoms. The van der Waals surface area contributed by atoms with Crippen molar-refractivity contribution in [3.8, 4) is 0 Å². The molecule has 0 rings (SSSR count). The van der Waals surface area contributed by atoms with E-state index in [9.17, 15) is 0 Å². The lowest BCUT2D eigenvalue weighted by Gasteiger charge is -2.43. The Morgan fingerprint density at radius 3 is 1.87 bits per heavy atom. The largest absolute Gasteiger partial charge is 0.381 e. The second kappa shape index (κ2) is 11.9. The molecule has 0 aromatic rings. The molecule has 0 atom stereocenters. The molecule has 140 valence electrons. The van der Waals surface area contributed by atoms with Gasteiger partial charge in [0.2, 0.25) is 0 Å². The predicted octanol–water partition coefficient (Wildman–Crippen LogP) is 3.38. The van der Waals surface area contributed by atoms with E-state index < -0.39 is 16.5 Å². The quantitative estimate of drug-likeness (QED) is 0.263. The zero-order valence-electron chi connectivity index (χ0n) is 16.9. The van der Waals surface area contributed by atoms with E-state index in [1.807, 2.05) is 0 Å². The number of hydrogen-bond donors (Lipinski definition) is 0. The second-order valence-corrected chi connectivity index (χ2v) is 20.4. The van der Waals surface area contributed by atoms with Gasteiger partial charge in [-0.2, -0.15) is 0 Å². The summed E-state index contributed by atoms with van der Waals surface area (Å²) >= 11 is 0. The highest BCUT2D eigenvalue weighted by molar-refractivity contribution is 6.89. The molecule has 0 radical (unpaired) electrons. The van der Waals surface area contributed by atoms with Crippen LogP contribution in [0.4, 0.5) is 0 Å². The third-order valence-electron chi connectivity index (χ3n) is 4.04. The van der Waals surface area contributed by atoms with Crippen molar-refractivity contribution in [1.29, 1.82) is 0 Å². The Kier molecular flexibility index (Phi) is 12.2. The molecule has 0 aliphatic carbocycles. The Morgan fingerprint density at radius 1 is 0.870 bits per heavy atom. The van der Waals surface area contributed by atoms with Gasteiger partial charge in [-0.05, 0) is 25.4 Å². The van der Waals surface area contributed by atoms with Crippen LogP contribution < -0.4 is 0 Å². The van der Waals surface area contributed by atoms with E-state index in [0.29, 0.717) is 0 Å². The second-order valence-electron chi connectivity index (χ2n) is 8.21. The summed E-state index contributed by atoms with van der Waals surface area (Å²) < 4.78 is 19.1. The Balaban J connectivity index is 3.69. The van der Waals surface area contributed by atoms with Gasteiger partial charge in [0.1, 0.15) is 16.5 Å². The summed E-state index contributed by atoms with van der Waals surface area (Å²) in [7, 11) is 0.951. The smallest absolute Gasteiger partial charge is 0.153 e. The maximum absolute atomic E-state index is 5.83. The summed E-state index contributed by atoms with van der Waals surface area (Å²) in [6, 6.07) is 2.42. The summed E-state index contributed by atoms with van der Waals surface area (Å²) in [5.74, 6) is 0. The minimum atomic E-state index is -1.21. The molecule has 0 aromatic carbocycles. The third kappa shape index (κ3) is 11.6. The van der Waals surface area contributed by atoms with Crippen LogP contribution in [0.15, 0.2) is 0 Å². The fraction of sp³-hybridized carbons (Fsp3) is 1.00. The summed E-state index contributed by atoms with van der Waals surface area (Å²) in [6.07, 6.45) is 2.37. The molecule has 0 unspecified atom stereocenters. The topological polar surface area (TPSA) is 30.9 Å². The van der Waals surface area contributed by atoms with Crippen molar-refractivity contribution < 1.29 is 14.2 Å². The molecule has 0 saturated heterocycles. The molecule has 0 spiro atoms. The summed E-state index contributed by atoms with van der Waals surface area (Å²) in [5, 5.41) is 0. The molecular weight excluding hydrogens is 338 g/mol. The molecule has 0 N–H and O–H groups in total. The fourth-order valence-corrected chi connectivity index (χ4v) is 14.5. The van der Waals surface area contributed by atoms with E-state index in [2.05, 4.69) is 43.5 Å². The first-order chi connectivity index (χ1) is 10.6. The van der Waals surface area contributed by atoms with E-state index in [4.69, 9.17) is 14.2 Å². The van der Waals surface area contributed by atoms with Gasteiger partial charge in [0, 0.05) is 37.0 Å². The van der Waals surface area contributed by atoms with Crippen LogP contribution >= 0.6 is 0 Å². The fourth-order valence-electron chi connectivity index (χ4n) is 3.13. The number of methoxy groups -OCH3 is 2. The number of rotatable bonds is 14. The average Bonchev–Trinajstić information content (AvgIpc) is 2.42. The first-order valence-corrected chi connectivity index (χ1v) is 17.9. The number of nitrogens with zero attached hydrogens (tertiary/aromatic N) is 1. The van der Waals surface area contributed by atoms with Gasteiger partial charge in [0.05, 0.1) is 0 Å². The molecular formula is C16H41NO3Si3. The lowest BCUT2D eigenvalue weighted by molar-refractivity contribution is -0.0876. The van der Waals surface area contributed by atoms with Crippen molar-refractivity contribution in [2.75, 3.05) is 34.0 Å². The van der Waals surface area contributed by atoms with Gasteiger partial charge in [-0.25, -0.2) is 0 Å². The lowest BCUT2D eigenvalue weighted by Crippen LogP contribution is -2.59. The van der Waals surface area contributed by atoms with Crippen molar-refractivity contribution in [2.45, 2.75) is 70.5 Å². The number of ether oxygens (including phenoxy) is 3. The van der Waals surface area contributed by atoms with Crippen LogP contribution in [0.5, 0.6) is 0 Å². The van der Waals surface area contributed by atoms with Gasteiger partial charge in [-0.3, -0.25) is 0 Å². The van der Waals surface area contributed by atoms with Crippen molar-refractivity contribution in [3.63, 3.8) is 0 Å². The van der Waals surface area contributed by atoms with Crippen LogP contribution in [0.2, 0.25) is 51.4 Å². The number of hydrogen-bond acceptors (Lipinski definition) is 4. The third-order valence-corrected chi connectivity index (χ3v) is 13.6. The van der Waals surface area contributed by atoms with Crippen molar-refractivity contribution >= 4 is 26.0 Å². The minimum absolute atomic E-state index is 0.0108. The summed E-state index contributed by atoms with van der Waals surface area (Å²) in [6.45, 7) is 17.8. The van der Waals surface area contributed by atoms with E-state index in [1.54, 1.807) is 14.2 Å². The Hall–Kier alpha value is 0.491. The summed E-state index contributed by atoms with van der Waals surface area (Å²) in [5.41, 5.74) is 0.